The van der Waals surface area contributed by atoms with Crippen molar-refractivity contribution in [3.63, 3.8) is 0 Å². The molecular formula is C12H15F3N2O3. The summed E-state index contributed by atoms with van der Waals surface area (Å²) >= 11 is 0. The van der Waals surface area contributed by atoms with E-state index in [4.69, 9.17) is 10.5 Å². The zero-order chi connectivity index (χ0) is 15.3. The van der Waals surface area contributed by atoms with Gasteiger partial charge >= 0.3 is 12.1 Å². The van der Waals surface area contributed by atoms with Gasteiger partial charge in [-0.2, -0.15) is 13.2 Å². The molecule has 0 saturated carbocycles. The van der Waals surface area contributed by atoms with E-state index in [2.05, 4.69) is 10.1 Å². The van der Waals surface area contributed by atoms with E-state index in [0.717, 1.165) is 13.2 Å². The van der Waals surface area contributed by atoms with Gasteiger partial charge < -0.3 is 20.5 Å². The number of carbonyl (C=O) groups is 1. The molecule has 1 rings (SSSR count). The maximum absolute atomic E-state index is 13.0. The molecule has 0 fully saturated rings. The molecular weight excluding hydrogens is 277 g/mol. The number of hydrogen-bond donors (Lipinski definition) is 2. The second-order valence-electron chi connectivity index (χ2n) is 3.90. The van der Waals surface area contributed by atoms with Crippen LogP contribution in [0.2, 0.25) is 0 Å². The molecule has 20 heavy (non-hydrogen) atoms. The summed E-state index contributed by atoms with van der Waals surface area (Å²) in [5, 5.41) is 2.55. The van der Waals surface area contributed by atoms with Crippen LogP contribution < -0.4 is 11.1 Å². The summed E-state index contributed by atoms with van der Waals surface area (Å²) in [7, 11) is 2.51. The number of nitrogen functional groups attached to an aromatic ring is 1. The van der Waals surface area contributed by atoms with Crippen molar-refractivity contribution in [3.05, 3.63) is 23.3 Å². The molecule has 8 heteroatoms. The van der Waals surface area contributed by atoms with Crippen LogP contribution in [0.5, 0.6) is 0 Å². The first kappa shape index (κ1) is 16.1. The number of hydrogen-bond acceptors (Lipinski definition) is 5. The zero-order valence-electron chi connectivity index (χ0n) is 11.0. The summed E-state index contributed by atoms with van der Waals surface area (Å²) in [6.45, 7) is 0.372. The highest BCUT2D eigenvalue weighted by Gasteiger charge is 2.35. The van der Waals surface area contributed by atoms with Crippen molar-refractivity contribution in [2.45, 2.75) is 6.18 Å². The molecule has 1 aromatic carbocycles. The van der Waals surface area contributed by atoms with E-state index in [1.807, 2.05) is 0 Å². The number of anilines is 2. The topological polar surface area (TPSA) is 73.6 Å². The van der Waals surface area contributed by atoms with E-state index >= 15 is 0 Å². The summed E-state index contributed by atoms with van der Waals surface area (Å²) in [4.78, 5) is 11.3. The summed E-state index contributed by atoms with van der Waals surface area (Å²) in [6.07, 6.45) is -4.65. The van der Waals surface area contributed by atoms with Crippen LogP contribution in [0, 0.1) is 0 Å². The number of ether oxygens (including phenoxy) is 2. The number of alkyl halides is 3. The van der Waals surface area contributed by atoms with Crippen molar-refractivity contribution in [2.75, 3.05) is 38.4 Å². The highest BCUT2D eigenvalue weighted by Crippen LogP contribution is 2.38. The highest BCUT2D eigenvalue weighted by molar-refractivity contribution is 5.92. The van der Waals surface area contributed by atoms with Gasteiger partial charge in [0.2, 0.25) is 0 Å². The molecule has 0 aliphatic heterocycles. The number of methoxy groups -OCH3 is 2. The van der Waals surface area contributed by atoms with Crippen LogP contribution in [0.1, 0.15) is 15.9 Å². The normalized spacial score (nSPS) is 11.2. The second-order valence-corrected chi connectivity index (χ2v) is 3.90. The predicted octanol–water partition coefficient (Wildman–Crippen LogP) is 2.13. The van der Waals surface area contributed by atoms with Crippen LogP contribution in [-0.4, -0.2) is 33.3 Å². The maximum atomic E-state index is 13.0. The molecule has 0 amide bonds. The fourth-order valence-electron chi connectivity index (χ4n) is 1.60. The van der Waals surface area contributed by atoms with Crippen LogP contribution in [0.15, 0.2) is 12.1 Å². The zero-order valence-corrected chi connectivity index (χ0v) is 11.0. The van der Waals surface area contributed by atoms with Gasteiger partial charge in [-0.15, -0.1) is 0 Å². The molecule has 0 bridgehead atoms. The molecule has 0 aromatic heterocycles. The molecule has 0 heterocycles. The SMILES string of the molecule is COCCNc1c(N)cc(C(=O)OC)cc1C(F)(F)F. The summed E-state index contributed by atoms with van der Waals surface area (Å²) in [5.74, 6) is -0.884. The van der Waals surface area contributed by atoms with Gasteiger partial charge in [-0.25, -0.2) is 4.79 Å². The Kier molecular flexibility index (Phi) is 5.20. The monoisotopic (exact) mass is 292 g/mol. The van der Waals surface area contributed by atoms with Crippen molar-refractivity contribution >= 4 is 17.3 Å². The number of nitrogens with one attached hydrogen (secondary N) is 1. The van der Waals surface area contributed by atoms with Gasteiger partial charge in [0.1, 0.15) is 0 Å². The molecule has 1 aromatic rings. The smallest absolute Gasteiger partial charge is 0.418 e. The van der Waals surface area contributed by atoms with Crippen LogP contribution in [-0.2, 0) is 15.7 Å². The lowest BCUT2D eigenvalue weighted by Crippen LogP contribution is -2.17. The van der Waals surface area contributed by atoms with Crippen molar-refractivity contribution < 1.29 is 27.4 Å². The molecule has 5 nitrogen and oxygen atoms in total. The number of carbonyl (C=O) groups excluding carboxylic acids is 1. The van der Waals surface area contributed by atoms with E-state index in [-0.39, 0.29) is 30.1 Å². The second kappa shape index (κ2) is 6.47. The van der Waals surface area contributed by atoms with Gasteiger partial charge in [0.05, 0.1) is 36.2 Å². The van der Waals surface area contributed by atoms with Crippen LogP contribution in [0.25, 0.3) is 0 Å². The average Bonchev–Trinajstić information content (AvgIpc) is 2.38. The lowest BCUT2D eigenvalue weighted by atomic mass is 10.1. The minimum atomic E-state index is -4.65. The minimum Gasteiger partial charge on any atom is -0.465 e. The van der Waals surface area contributed by atoms with Crippen molar-refractivity contribution in [1.29, 1.82) is 0 Å². The van der Waals surface area contributed by atoms with Crippen molar-refractivity contribution in [2.24, 2.45) is 0 Å². The molecule has 3 N–H and O–H groups in total. The Labute approximate surface area is 113 Å². The van der Waals surface area contributed by atoms with Gasteiger partial charge in [-0.05, 0) is 12.1 Å². The Bertz CT molecular complexity index is 490. The largest absolute Gasteiger partial charge is 0.465 e. The first-order valence-electron chi connectivity index (χ1n) is 5.63. The summed E-state index contributed by atoms with van der Waals surface area (Å²) in [5.41, 5.74) is 3.85. The third kappa shape index (κ3) is 3.77. The fraction of sp³-hybridized carbons (Fsp3) is 0.417. The molecule has 0 atom stereocenters. The first-order valence-corrected chi connectivity index (χ1v) is 5.63. The van der Waals surface area contributed by atoms with Crippen LogP contribution in [0.3, 0.4) is 0 Å². The molecule has 0 radical (unpaired) electrons. The molecule has 0 saturated heterocycles. The Hall–Kier alpha value is -1.96. The van der Waals surface area contributed by atoms with E-state index in [0.29, 0.717) is 6.07 Å². The lowest BCUT2D eigenvalue weighted by molar-refractivity contribution is -0.136. The van der Waals surface area contributed by atoms with Crippen LogP contribution >= 0.6 is 0 Å². The number of halogens is 3. The molecule has 0 aliphatic rings. The maximum Gasteiger partial charge on any atom is 0.418 e. The Morgan fingerprint density at radius 1 is 1.35 bits per heavy atom. The number of rotatable bonds is 5. The standard InChI is InChI=1S/C12H15F3N2O3/c1-19-4-3-17-10-8(12(13,14)15)5-7(6-9(10)16)11(18)20-2/h5-6,17H,3-4,16H2,1-2H3. The number of benzene rings is 1. The minimum absolute atomic E-state index is 0.154. The predicted molar refractivity (Wildman–Crippen MR) is 67.6 cm³/mol. The average molecular weight is 292 g/mol. The fourth-order valence-corrected chi connectivity index (χ4v) is 1.60. The number of nitrogens with two attached hydrogens (primary N) is 1. The van der Waals surface area contributed by atoms with E-state index in [9.17, 15) is 18.0 Å². The summed E-state index contributed by atoms with van der Waals surface area (Å²) < 4.78 is 48.2. The third-order valence-electron chi connectivity index (χ3n) is 2.50. The van der Waals surface area contributed by atoms with Crippen molar-refractivity contribution in [1.82, 2.24) is 0 Å². The van der Waals surface area contributed by atoms with Gasteiger partial charge in [0.15, 0.2) is 0 Å². The molecule has 0 aliphatic carbocycles. The van der Waals surface area contributed by atoms with Gasteiger partial charge in [-0.3, -0.25) is 0 Å². The molecule has 112 valence electrons. The first-order chi connectivity index (χ1) is 9.31. The van der Waals surface area contributed by atoms with Gasteiger partial charge in [-0.1, -0.05) is 0 Å². The quantitative estimate of drug-likeness (QED) is 0.494. The van der Waals surface area contributed by atoms with E-state index < -0.39 is 17.7 Å². The number of esters is 1. The highest BCUT2D eigenvalue weighted by atomic mass is 19.4. The lowest BCUT2D eigenvalue weighted by Gasteiger charge is -2.17. The summed E-state index contributed by atoms with van der Waals surface area (Å²) in [6, 6.07) is 1.84. The third-order valence-corrected chi connectivity index (χ3v) is 2.50. The van der Waals surface area contributed by atoms with E-state index in [1.165, 1.54) is 7.11 Å². The Morgan fingerprint density at radius 3 is 2.50 bits per heavy atom. The molecule has 0 unspecified atom stereocenters. The van der Waals surface area contributed by atoms with E-state index in [1.54, 1.807) is 0 Å². The Morgan fingerprint density at radius 2 is 2.00 bits per heavy atom. The van der Waals surface area contributed by atoms with Gasteiger partial charge in [0, 0.05) is 13.7 Å². The van der Waals surface area contributed by atoms with Crippen molar-refractivity contribution in [3.8, 4) is 0 Å². The molecule has 0 spiro atoms. The van der Waals surface area contributed by atoms with Crippen LogP contribution in [0.4, 0.5) is 24.5 Å². The van der Waals surface area contributed by atoms with Gasteiger partial charge in [0.25, 0.3) is 0 Å². The Balaban J connectivity index is 3.24.